The van der Waals surface area contributed by atoms with Crippen LogP contribution in [-0.2, 0) is 4.79 Å². The Labute approximate surface area is 89.6 Å². The van der Waals surface area contributed by atoms with Gasteiger partial charge in [0, 0.05) is 8.07 Å². The molecule has 0 rings (SSSR count). The minimum absolute atomic E-state index is 0.261. The topological polar surface area (TPSA) is 17.1 Å². The Balaban J connectivity index is 4.18. The van der Waals surface area contributed by atoms with Crippen LogP contribution in [0.3, 0.4) is 0 Å². The third-order valence-electron chi connectivity index (χ3n) is 2.28. The molecule has 0 bridgehead atoms. The molecule has 0 heterocycles. The Morgan fingerprint density at radius 3 is 2.21 bits per heavy atom. The largest absolute Gasteiger partial charge is 0.295 e. The Hall–Kier alpha value is -0.373. The maximum atomic E-state index is 11.3. The molecule has 2 heteroatoms. The lowest BCUT2D eigenvalue weighted by molar-refractivity contribution is -0.113. The van der Waals surface area contributed by atoms with Crippen molar-refractivity contribution in [3.8, 4) is 0 Å². The van der Waals surface area contributed by atoms with Gasteiger partial charge in [-0.15, -0.1) is 0 Å². The zero-order valence-corrected chi connectivity index (χ0v) is 11.3. The molecule has 0 fully saturated rings. The third-order valence-corrected chi connectivity index (χ3v) is 4.03. The second-order valence-electron chi connectivity index (χ2n) is 5.13. The lowest BCUT2D eigenvalue weighted by atomic mass is 10.1. The van der Waals surface area contributed by atoms with Gasteiger partial charge in [0.05, 0.1) is 0 Å². The number of hydrogen-bond donors (Lipinski definition) is 0. The number of rotatable bonds is 6. The summed E-state index contributed by atoms with van der Waals surface area (Å²) in [7, 11) is -0.998. The van der Waals surface area contributed by atoms with Gasteiger partial charge in [0.15, 0.2) is 5.78 Å². The van der Waals surface area contributed by atoms with Crippen LogP contribution in [0.1, 0.15) is 33.1 Å². The molecular formula is C12H24OSi. The van der Waals surface area contributed by atoms with Crippen LogP contribution in [0.15, 0.2) is 11.6 Å². The molecule has 0 aliphatic carbocycles. The van der Waals surface area contributed by atoms with Crippen LogP contribution >= 0.6 is 0 Å². The van der Waals surface area contributed by atoms with E-state index in [2.05, 4.69) is 32.6 Å². The second-order valence-corrected chi connectivity index (χ2v) is 10.8. The molecule has 14 heavy (non-hydrogen) atoms. The number of carbonyl (C=O) groups excluding carboxylic acids is 1. The molecule has 0 N–H and O–H groups in total. The van der Waals surface area contributed by atoms with Gasteiger partial charge in [0.1, 0.15) is 0 Å². The summed E-state index contributed by atoms with van der Waals surface area (Å²) in [4.78, 5) is 11.3. The molecule has 0 aromatic rings. The molecule has 82 valence electrons. The molecule has 0 spiro atoms. The van der Waals surface area contributed by atoms with Crippen LogP contribution in [0.2, 0.25) is 25.7 Å². The molecule has 0 radical (unpaired) electrons. The van der Waals surface area contributed by atoms with Crippen LogP contribution in [0.5, 0.6) is 0 Å². The Bertz CT molecular complexity index is 211. The van der Waals surface area contributed by atoms with E-state index in [1.807, 2.05) is 0 Å². The second kappa shape index (κ2) is 6.17. The number of carbonyl (C=O) groups is 1. The number of allylic oxidation sites excluding steroid dienone is 2. The molecule has 0 amide bonds. The van der Waals surface area contributed by atoms with Crippen LogP contribution in [-0.4, -0.2) is 13.9 Å². The SMILES string of the molecule is CCC/C=C(/CC[Si](C)(C)C)C(C)=O. The molecular weight excluding hydrogens is 188 g/mol. The van der Waals surface area contributed by atoms with E-state index in [0.717, 1.165) is 24.8 Å². The van der Waals surface area contributed by atoms with Crippen molar-refractivity contribution >= 4 is 13.9 Å². The van der Waals surface area contributed by atoms with Crippen molar-refractivity contribution in [3.05, 3.63) is 11.6 Å². The molecule has 0 aliphatic heterocycles. The van der Waals surface area contributed by atoms with E-state index in [4.69, 9.17) is 0 Å². The van der Waals surface area contributed by atoms with Gasteiger partial charge in [-0.25, -0.2) is 0 Å². The molecule has 0 aromatic heterocycles. The van der Waals surface area contributed by atoms with Crippen molar-refractivity contribution in [1.29, 1.82) is 0 Å². The minimum Gasteiger partial charge on any atom is -0.295 e. The summed E-state index contributed by atoms with van der Waals surface area (Å²) < 4.78 is 0. The van der Waals surface area contributed by atoms with Gasteiger partial charge in [-0.2, -0.15) is 0 Å². The van der Waals surface area contributed by atoms with Gasteiger partial charge >= 0.3 is 0 Å². The highest BCUT2D eigenvalue weighted by atomic mass is 28.3. The van der Waals surface area contributed by atoms with E-state index < -0.39 is 8.07 Å². The van der Waals surface area contributed by atoms with Crippen molar-refractivity contribution in [2.75, 3.05) is 0 Å². The smallest absolute Gasteiger partial charge is 0.155 e. The lowest BCUT2D eigenvalue weighted by Gasteiger charge is -2.15. The van der Waals surface area contributed by atoms with E-state index in [1.165, 1.54) is 6.04 Å². The maximum absolute atomic E-state index is 11.3. The van der Waals surface area contributed by atoms with Gasteiger partial charge in [-0.3, -0.25) is 4.79 Å². The fourth-order valence-electron chi connectivity index (χ4n) is 1.25. The van der Waals surface area contributed by atoms with Crippen LogP contribution in [0.25, 0.3) is 0 Å². The predicted octanol–water partition coefficient (Wildman–Crippen LogP) is 4.03. The van der Waals surface area contributed by atoms with Gasteiger partial charge in [-0.1, -0.05) is 45.1 Å². The molecule has 0 atom stereocenters. The fraction of sp³-hybridized carbons (Fsp3) is 0.750. The van der Waals surface area contributed by atoms with E-state index in [-0.39, 0.29) is 5.78 Å². The normalized spacial score (nSPS) is 13.1. The van der Waals surface area contributed by atoms with Crippen molar-refractivity contribution in [2.45, 2.75) is 58.8 Å². The Morgan fingerprint density at radius 1 is 1.29 bits per heavy atom. The summed E-state index contributed by atoms with van der Waals surface area (Å²) in [6, 6.07) is 1.22. The minimum atomic E-state index is -0.998. The predicted molar refractivity (Wildman–Crippen MR) is 66.4 cm³/mol. The summed E-state index contributed by atoms with van der Waals surface area (Å²) in [5.41, 5.74) is 1.05. The van der Waals surface area contributed by atoms with E-state index >= 15 is 0 Å². The standard InChI is InChI=1S/C12H24OSi/c1-6-7-8-12(11(2)13)9-10-14(3,4)5/h8H,6-7,9-10H2,1-5H3/b12-8-. The van der Waals surface area contributed by atoms with Crippen LogP contribution < -0.4 is 0 Å². The molecule has 0 saturated carbocycles. The number of Topliss-reactive ketones (excluding diaryl/α,β-unsaturated/α-hetero) is 1. The van der Waals surface area contributed by atoms with Crippen LogP contribution in [0, 0.1) is 0 Å². The van der Waals surface area contributed by atoms with Gasteiger partial charge in [-0.05, 0) is 25.3 Å². The molecule has 0 saturated heterocycles. The highest BCUT2D eigenvalue weighted by Gasteiger charge is 2.14. The highest BCUT2D eigenvalue weighted by molar-refractivity contribution is 6.76. The van der Waals surface area contributed by atoms with Gasteiger partial charge in [0.2, 0.25) is 0 Å². The number of unbranched alkanes of at least 4 members (excludes halogenated alkanes) is 1. The fourth-order valence-corrected chi connectivity index (χ4v) is 2.27. The van der Waals surface area contributed by atoms with Gasteiger partial charge in [0.25, 0.3) is 0 Å². The van der Waals surface area contributed by atoms with E-state index in [9.17, 15) is 4.79 Å². The van der Waals surface area contributed by atoms with E-state index in [0.29, 0.717) is 0 Å². The summed E-state index contributed by atoms with van der Waals surface area (Å²) in [5, 5.41) is 0. The molecule has 0 aliphatic rings. The number of hydrogen-bond acceptors (Lipinski definition) is 1. The molecule has 0 unspecified atom stereocenters. The average Bonchev–Trinajstić information content (AvgIpc) is 2.01. The number of ketones is 1. The van der Waals surface area contributed by atoms with Crippen molar-refractivity contribution in [1.82, 2.24) is 0 Å². The first-order chi connectivity index (χ1) is 6.37. The first kappa shape index (κ1) is 13.6. The average molecular weight is 212 g/mol. The van der Waals surface area contributed by atoms with Crippen molar-refractivity contribution in [3.63, 3.8) is 0 Å². The van der Waals surface area contributed by atoms with Crippen molar-refractivity contribution in [2.24, 2.45) is 0 Å². The molecule has 1 nitrogen and oxygen atoms in total. The first-order valence-electron chi connectivity index (χ1n) is 5.57. The highest BCUT2D eigenvalue weighted by Crippen LogP contribution is 2.17. The van der Waals surface area contributed by atoms with E-state index in [1.54, 1.807) is 6.92 Å². The zero-order valence-electron chi connectivity index (χ0n) is 10.3. The summed E-state index contributed by atoms with van der Waals surface area (Å²) in [6.45, 7) is 10.9. The first-order valence-corrected chi connectivity index (χ1v) is 9.27. The quantitative estimate of drug-likeness (QED) is 0.480. The Kier molecular flexibility index (Phi) is 6.01. The lowest BCUT2D eigenvalue weighted by Crippen LogP contribution is -2.19. The Morgan fingerprint density at radius 2 is 1.86 bits per heavy atom. The van der Waals surface area contributed by atoms with Gasteiger partial charge < -0.3 is 0 Å². The maximum Gasteiger partial charge on any atom is 0.155 e. The monoisotopic (exact) mass is 212 g/mol. The summed E-state index contributed by atoms with van der Waals surface area (Å²) >= 11 is 0. The summed E-state index contributed by atoms with van der Waals surface area (Å²) in [6.07, 6.45) is 5.29. The van der Waals surface area contributed by atoms with Crippen LogP contribution in [0.4, 0.5) is 0 Å². The summed E-state index contributed by atoms with van der Waals surface area (Å²) in [5.74, 6) is 0.261. The third kappa shape index (κ3) is 7.07. The molecule has 0 aromatic carbocycles. The zero-order chi connectivity index (χ0) is 11.2. The van der Waals surface area contributed by atoms with Crippen molar-refractivity contribution < 1.29 is 4.79 Å².